The third-order valence-electron chi connectivity index (χ3n) is 4.66. The summed E-state index contributed by atoms with van der Waals surface area (Å²) in [5, 5.41) is 2.54. The Morgan fingerprint density at radius 2 is 1.83 bits per heavy atom. The third kappa shape index (κ3) is 5.10. The Labute approximate surface area is 168 Å². The zero-order valence-corrected chi connectivity index (χ0v) is 16.8. The van der Waals surface area contributed by atoms with Crippen LogP contribution in [-0.4, -0.2) is 38.3 Å². The van der Waals surface area contributed by atoms with Crippen molar-refractivity contribution in [1.29, 1.82) is 0 Å². The molecule has 1 heterocycles. The highest BCUT2D eigenvalue weighted by molar-refractivity contribution is 7.89. The molecule has 1 aliphatic heterocycles. The molecule has 29 heavy (non-hydrogen) atoms. The average Bonchev–Trinajstić information content (AvgIpc) is 2.69. The second-order valence-electron chi connectivity index (χ2n) is 6.86. The molecule has 0 spiro atoms. The van der Waals surface area contributed by atoms with Gasteiger partial charge < -0.3 is 10.1 Å². The number of amides is 1. The van der Waals surface area contributed by atoms with Gasteiger partial charge >= 0.3 is 0 Å². The second-order valence-corrected chi connectivity index (χ2v) is 8.76. The molecule has 1 fully saturated rings. The smallest absolute Gasteiger partial charge is 0.262 e. The summed E-state index contributed by atoms with van der Waals surface area (Å²) in [6.07, 6.45) is 2.66. The van der Waals surface area contributed by atoms with Crippen molar-refractivity contribution in [3.8, 4) is 5.75 Å². The van der Waals surface area contributed by atoms with Crippen molar-refractivity contribution in [2.75, 3.05) is 25.0 Å². The topological polar surface area (TPSA) is 75.7 Å². The van der Waals surface area contributed by atoms with Gasteiger partial charge in [0.15, 0.2) is 18.2 Å². The minimum absolute atomic E-state index is 0.141. The molecular formula is C20H22F2N2O4S. The number of hydrogen-bond acceptors (Lipinski definition) is 4. The largest absolute Gasteiger partial charge is 0.481 e. The molecule has 1 N–H and O–H groups in total. The molecule has 1 amide bonds. The van der Waals surface area contributed by atoms with Gasteiger partial charge in [-0.2, -0.15) is 4.31 Å². The van der Waals surface area contributed by atoms with Crippen LogP contribution in [0.3, 0.4) is 0 Å². The molecule has 3 rings (SSSR count). The predicted molar refractivity (Wildman–Crippen MR) is 104 cm³/mol. The summed E-state index contributed by atoms with van der Waals surface area (Å²) in [4.78, 5) is 12.3. The molecule has 0 saturated carbocycles. The zero-order chi connectivity index (χ0) is 21.0. The maximum absolute atomic E-state index is 13.6. The molecule has 2 aromatic rings. The first-order valence-electron chi connectivity index (χ1n) is 9.26. The van der Waals surface area contributed by atoms with Gasteiger partial charge in [0.1, 0.15) is 5.82 Å². The highest BCUT2D eigenvalue weighted by Gasteiger charge is 2.27. The van der Waals surface area contributed by atoms with Gasteiger partial charge in [-0.3, -0.25) is 4.79 Å². The van der Waals surface area contributed by atoms with E-state index in [2.05, 4.69) is 5.32 Å². The minimum atomic E-state index is -3.65. The maximum atomic E-state index is 13.6. The Bertz CT molecular complexity index is 1010. The quantitative estimate of drug-likeness (QED) is 0.771. The molecule has 0 aromatic heterocycles. The van der Waals surface area contributed by atoms with Gasteiger partial charge in [-0.25, -0.2) is 17.2 Å². The van der Waals surface area contributed by atoms with E-state index in [0.717, 1.165) is 31.4 Å². The van der Waals surface area contributed by atoms with Crippen LogP contribution in [0, 0.1) is 18.6 Å². The van der Waals surface area contributed by atoms with E-state index in [1.165, 1.54) is 10.4 Å². The van der Waals surface area contributed by atoms with Crippen molar-refractivity contribution in [3.63, 3.8) is 0 Å². The monoisotopic (exact) mass is 424 g/mol. The summed E-state index contributed by atoms with van der Waals surface area (Å²) in [6, 6.07) is 7.38. The van der Waals surface area contributed by atoms with E-state index in [1.54, 1.807) is 19.1 Å². The lowest BCUT2D eigenvalue weighted by Gasteiger charge is -2.26. The lowest BCUT2D eigenvalue weighted by molar-refractivity contribution is -0.118. The van der Waals surface area contributed by atoms with Crippen molar-refractivity contribution in [3.05, 3.63) is 53.6 Å². The molecular weight excluding hydrogens is 402 g/mol. The molecule has 6 nitrogen and oxygen atoms in total. The molecule has 0 radical (unpaired) electrons. The van der Waals surface area contributed by atoms with Gasteiger partial charge in [-0.1, -0.05) is 12.5 Å². The predicted octanol–water partition coefficient (Wildman–Crippen LogP) is 3.47. The highest BCUT2D eigenvalue weighted by atomic mass is 32.2. The van der Waals surface area contributed by atoms with Crippen LogP contribution >= 0.6 is 0 Å². The lowest BCUT2D eigenvalue weighted by atomic mass is 10.2. The van der Waals surface area contributed by atoms with E-state index in [0.29, 0.717) is 30.4 Å². The molecule has 0 aliphatic carbocycles. The van der Waals surface area contributed by atoms with E-state index in [4.69, 9.17) is 4.74 Å². The van der Waals surface area contributed by atoms with Gasteiger partial charge in [0, 0.05) is 24.8 Å². The fourth-order valence-electron chi connectivity index (χ4n) is 3.13. The van der Waals surface area contributed by atoms with Gasteiger partial charge in [-0.05, 0) is 49.6 Å². The fourth-order valence-corrected chi connectivity index (χ4v) is 4.90. The van der Waals surface area contributed by atoms with Crippen LogP contribution in [0.5, 0.6) is 5.75 Å². The van der Waals surface area contributed by atoms with Crippen LogP contribution in [0.25, 0.3) is 0 Å². The number of hydrogen-bond donors (Lipinski definition) is 1. The van der Waals surface area contributed by atoms with Crippen LogP contribution < -0.4 is 10.1 Å². The summed E-state index contributed by atoms with van der Waals surface area (Å²) in [7, 11) is -3.65. The number of benzene rings is 2. The van der Waals surface area contributed by atoms with Crippen molar-refractivity contribution in [2.24, 2.45) is 0 Å². The van der Waals surface area contributed by atoms with Crippen molar-refractivity contribution in [2.45, 2.75) is 31.1 Å². The van der Waals surface area contributed by atoms with Crippen molar-refractivity contribution < 1.29 is 26.7 Å². The lowest BCUT2D eigenvalue weighted by Crippen LogP contribution is -2.36. The summed E-state index contributed by atoms with van der Waals surface area (Å²) >= 11 is 0. The van der Waals surface area contributed by atoms with Gasteiger partial charge in [0.25, 0.3) is 5.91 Å². The number of halogens is 2. The Balaban J connectivity index is 1.69. The number of carbonyl (C=O) groups excluding carboxylic acids is 1. The number of sulfonamides is 1. The standard InChI is InChI=1S/C20H22F2N2O4S/c1-14-5-7-16(12-19(14)29(26,27)24-9-3-2-4-10-24)23-20(25)13-28-18-8-6-15(21)11-17(18)22/h5-8,11-12H,2-4,9-10,13H2,1H3,(H,23,25). The fraction of sp³-hybridized carbons (Fsp3) is 0.350. The Morgan fingerprint density at radius 1 is 1.10 bits per heavy atom. The van der Waals surface area contributed by atoms with Gasteiger partial charge in [-0.15, -0.1) is 0 Å². The molecule has 0 bridgehead atoms. The number of rotatable bonds is 6. The molecule has 0 unspecified atom stereocenters. The van der Waals surface area contributed by atoms with Crippen LogP contribution in [-0.2, 0) is 14.8 Å². The van der Waals surface area contributed by atoms with Crippen LogP contribution in [0.1, 0.15) is 24.8 Å². The summed E-state index contributed by atoms with van der Waals surface area (Å²) in [6.45, 7) is 2.15. The van der Waals surface area contributed by atoms with Crippen molar-refractivity contribution in [1.82, 2.24) is 4.31 Å². The van der Waals surface area contributed by atoms with Crippen molar-refractivity contribution >= 4 is 21.6 Å². The molecule has 0 atom stereocenters. The number of ether oxygens (including phenoxy) is 1. The first kappa shape index (κ1) is 21.2. The number of piperidine rings is 1. The Hall–Kier alpha value is -2.52. The summed E-state index contributed by atoms with van der Waals surface area (Å²) in [5.74, 6) is -2.51. The normalized spacial score (nSPS) is 15.1. The number of anilines is 1. The molecule has 1 saturated heterocycles. The average molecular weight is 424 g/mol. The number of nitrogens with one attached hydrogen (secondary N) is 1. The number of nitrogens with zero attached hydrogens (tertiary/aromatic N) is 1. The number of carbonyl (C=O) groups is 1. The molecule has 2 aromatic carbocycles. The Kier molecular flexibility index (Phi) is 6.49. The van der Waals surface area contributed by atoms with Gasteiger partial charge in [0.2, 0.25) is 10.0 Å². The van der Waals surface area contributed by atoms with E-state index >= 15 is 0 Å². The van der Waals surface area contributed by atoms with E-state index < -0.39 is 34.2 Å². The maximum Gasteiger partial charge on any atom is 0.262 e. The van der Waals surface area contributed by atoms with Crippen LogP contribution in [0.2, 0.25) is 0 Å². The zero-order valence-electron chi connectivity index (χ0n) is 16.0. The van der Waals surface area contributed by atoms with E-state index in [1.807, 2.05) is 0 Å². The van der Waals surface area contributed by atoms with Gasteiger partial charge in [0.05, 0.1) is 4.90 Å². The molecule has 9 heteroatoms. The van der Waals surface area contributed by atoms with Crippen LogP contribution in [0.4, 0.5) is 14.5 Å². The second kappa shape index (κ2) is 8.87. The van der Waals surface area contributed by atoms with E-state index in [-0.39, 0.29) is 10.6 Å². The summed E-state index contributed by atoms with van der Waals surface area (Å²) < 4.78 is 58.9. The minimum Gasteiger partial charge on any atom is -0.481 e. The number of aryl methyl sites for hydroxylation is 1. The Morgan fingerprint density at radius 3 is 2.52 bits per heavy atom. The molecule has 1 aliphatic rings. The first-order valence-corrected chi connectivity index (χ1v) is 10.7. The van der Waals surface area contributed by atoms with Crippen LogP contribution in [0.15, 0.2) is 41.3 Å². The highest BCUT2D eigenvalue weighted by Crippen LogP contribution is 2.26. The van der Waals surface area contributed by atoms with E-state index in [9.17, 15) is 22.0 Å². The SMILES string of the molecule is Cc1ccc(NC(=O)COc2ccc(F)cc2F)cc1S(=O)(=O)N1CCCCC1. The first-order chi connectivity index (χ1) is 13.8. The molecule has 156 valence electrons. The summed E-state index contributed by atoms with van der Waals surface area (Å²) in [5.41, 5.74) is 0.873. The third-order valence-corrected chi connectivity index (χ3v) is 6.70.